The van der Waals surface area contributed by atoms with E-state index in [0.717, 1.165) is 18.6 Å². The molecular formula is C15H24O2. The quantitative estimate of drug-likeness (QED) is 0.766. The number of hydrogen-bond donors (Lipinski definition) is 1. The Kier molecular flexibility index (Phi) is 5.01. The van der Waals surface area contributed by atoms with Crippen LogP contribution in [0, 0.1) is 19.3 Å². The van der Waals surface area contributed by atoms with Crippen LogP contribution in [0.15, 0.2) is 18.2 Å². The molecule has 0 radical (unpaired) electrons. The minimum atomic E-state index is 0.00497. The van der Waals surface area contributed by atoms with Crippen molar-refractivity contribution < 1.29 is 9.84 Å². The van der Waals surface area contributed by atoms with Crippen molar-refractivity contribution in [3.8, 4) is 5.75 Å². The molecule has 17 heavy (non-hydrogen) atoms. The molecule has 0 spiro atoms. The van der Waals surface area contributed by atoms with Gasteiger partial charge in [0, 0.05) is 6.61 Å². The summed E-state index contributed by atoms with van der Waals surface area (Å²) in [5.74, 6) is 0.979. The number of aliphatic hydroxyl groups excluding tert-OH is 1. The number of rotatable bonds is 6. The van der Waals surface area contributed by atoms with Crippen molar-refractivity contribution in [3.05, 3.63) is 29.3 Å². The average molecular weight is 236 g/mol. The molecule has 0 saturated carbocycles. The van der Waals surface area contributed by atoms with Crippen LogP contribution < -0.4 is 4.74 Å². The standard InChI is InChI=1S/C15H24O2/c1-12-6-7-13(2)14(10-12)17-9-5-8-15(3,4)11-16/h6-7,10,16H,5,8-9,11H2,1-4H3. The van der Waals surface area contributed by atoms with E-state index in [1.165, 1.54) is 11.1 Å². The van der Waals surface area contributed by atoms with Gasteiger partial charge in [-0.1, -0.05) is 26.0 Å². The van der Waals surface area contributed by atoms with Crippen LogP contribution in [0.25, 0.3) is 0 Å². The third kappa shape index (κ3) is 4.78. The molecule has 0 aliphatic carbocycles. The lowest BCUT2D eigenvalue weighted by Gasteiger charge is -2.21. The van der Waals surface area contributed by atoms with Crippen molar-refractivity contribution in [3.63, 3.8) is 0 Å². The van der Waals surface area contributed by atoms with Crippen LogP contribution in [0.1, 0.15) is 37.8 Å². The van der Waals surface area contributed by atoms with Crippen LogP contribution in [0.3, 0.4) is 0 Å². The topological polar surface area (TPSA) is 29.5 Å². The van der Waals surface area contributed by atoms with Gasteiger partial charge in [0.15, 0.2) is 0 Å². The molecule has 0 atom stereocenters. The second-order valence-corrected chi connectivity index (χ2v) is 5.54. The third-order valence-corrected chi connectivity index (χ3v) is 3.03. The monoisotopic (exact) mass is 236 g/mol. The first-order valence-corrected chi connectivity index (χ1v) is 6.25. The van der Waals surface area contributed by atoms with Gasteiger partial charge in [0.1, 0.15) is 5.75 Å². The molecule has 0 fully saturated rings. The van der Waals surface area contributed by atoms with Gasteiger partial charge in [0.05, 0.1) is 6.61 Å². The van der Waals surface area contributed by atoms with Gasteiger partial charge in [-0.15, -0.1) is 0 Å². The van der Waals surface area contributed by atoms with Crippen LogP contribution in [0.2, 0.25) is 0 Å². The van der Waals surface area contributed by atoms with Gasteiger partial charge in [-0.3, -0.25) is 0 Å². The van der Waals surface area contributed by atoms with Crippen molar-refractivity contribution in [2.75, 3.05) is 13.2 Å². The second kappa shape index (κ2) is 6.06. The average Bonchev–Trinajstić information content (AvgIpc) is 2.29. The molecule has 2 nitrogen and oxygen atoms in total. The molecule has 0 aromatic heterocycles. The lowest BCUT2D eigenvalue weighted by atomic mass is 9.89. The largest absolute Gasteiger partial charge is 0.493 e. The van der Waals surface area contributed by atoms with E-state index in [9.17, 15) is 0 Å². The molecule has 1 N–H and O–H groups in total. The second-order valence-electron chi connectivity index (χ2n) is 5.54. The summed E-state index contributed by atoms with van der Waals surface area (Å²) < 4.78 is 5.78. The molecule has 0 bridgehead atoms. The molecule has 0 saturated heterocycles. The SMILES string of the molecule is Cc1ccc(C)c(OCCCC(C)(C)CO)c1. The van der Waals surface area contributed by atoms with Gasteiger partial charge < -0.3 is 9.84 Å². The molecule has 0 amide bonds. The number of benzene rings is 1. The van der Waals surface area contributed by atoms with E-state index in [-0.39, 0.29) is 12.0 Å². The smallest absolute Gasteiger partial charge is 0.122 e. The first-order valence-electron chi connectivity index (χ1n) is 6.25. The molecular weight excluding hydrogens is 212 g/mol. The van der Waals surface area contributed by atoms with Crippen LogP contribution in [0.5, 0.6) is 5.75 Å². The maximum atomic E-state index is 9.15. The van der Waals surface area contributed by atoms with E-state index in [1.807, 2.05) is 0 Å². The Hall–Kier alpha value is -1.02. The predicted molar refractivity (Wildman–Crippen MR) is 71.5 cm³/mol. The number of aryl methyl sites for hydroxylation is 2. The molecule has 96 valence electrons. The van der Waals surface area contributed by atoms with Crippen molar-refractivity contribution >= 4 is 0 Å². The molecule has 1 aromatic rings. The van der Waals surface area contributed by atoms with Crippen LogP contribution in [-0.4, -0.2) is 18.3 Å². The summed E-state index contributed by atoms with van der Waals surface area (Å²) in [6.07, 6.45) is 1.95. The Morgan fingerprint density at radius 2 is 1.94 bits per heavy atom. The molecule has 0 aliphatic rings. The minimum Gasteiger partial charge on any atom is -0.493 e. The van der Waals surface area contributed by atoms with Crippen molar-refractivity contribution in [2.24, 2.45) is 5.41 Å². The Morgan fingerprint density at radius 3 is 2.59 bits per heavy atom. The zero-order valence-electron chi connectivity index (χ0n) is 11.4. The summed E-state index contributed by atoms with van der Waals surface area (Å²) in [5, 5.41) is 9.15. The molecule has 2 heteroatoms. The maximum absolute atomic E-state index is 9.15. The Bertz CT molecular complexity index is 356. The fourth-order valence-electron chi connectivity index (χ4n) is 1.67. The lowest BCUT2D eigenvalue weighted by Crippen LogP contribution is -2.17. The van der Waals surface area contributed by atoms with Gasteiger partial charge in [0.2, 0.25) is 0 Å². The normalized spacial score (nSPS) is 11.6. The van der Waals surface area contributed by atoms with E-state index in [1.54, 1.807) is 0 Å². The summed E-state index contributed by atoms with van der Waals surface area (Å²) in [6.45, 7) is 9.23. The van der Waals surface area contributed by atoms with Gasteiger partial charge in [-0.2, -0.15) is 0 Å². The van der Waals surface area contributed by atoms with Gasteiger partial charge in [-0.25, -0.2) is 0 Å². The van der Waals surface area contributed by atoms with Crippen molar-refractivity contribution in [2.45, 2.75) is 40.5 Å². The van der Waals surface area contributed by atoms with Crippen molar-refractivity contribution in [1.29, 1.82) is 0 Å². The summed E-state index contributed by atoms with van der Waals surface area (Å²) in [7, 11) is 0. The molecule has 0 unspecified atom stereocenters. The number of aliphatic hydroxyl groups is 1. The third-order valence-electron chi connectivity index (χ3n) is 3.03. The zero-order valence-corrected chi connectivity index (χ0v) is 11.4. The maximum Gasteiger partial charge on any atom is 0.122 e. The zero-order chi connectivity index (χ0) is 12.9. The number of ether oxygens (including phenoxy) is 1. The Balaban J connectivity index is 2.38. The van der Waals surface area contributed by atoms with E-state index < -0.39 is 0 Å². The van der Waals surface area contributed by atoms with E-state index >= 15 is 0 Å². The number of hydrogen-bond acceptors (Lipinski definition) is 2. The molecule has 0 aliphatic heterocycles. The highest BCUT2D eigenvalue weighted by Gasteiger charge is 2.15. The molecule has 1 rings (SSSR count). The van der Waals surface area contributed by atoms with Crippen LogP contribution in [-0.2, 0) is 0 Å². The minimum absolute atomic E-state index is 0.00497. The molecule has 1 aromatic carbocycles. The highest BCUT2D eigenvalue weighted by molar-refractivity contribution is 5.35. The van der Waals surface area contributed by atoms with Crippen LogP contribution >= 0.6 is 0 Å². The summed E-state index contributed by atoms with van der Waals surface area (Å²) in [5.41, 5.74) is 2.41. The van der Waals surface area contributed by atoms with E-state index in [0.29, 0.717) is 6.61 Å². The van der Waals surface area contributed by atoms with Crippen LogP contribution in [0.4, 0.5) is 0 Å². The van der Waals surface area contributed by atoms with Crippen molar-refractivity contribution in [1.82, 2.24) is 0 Å². The lowest BCUT2D eigenvalue weighted by molar-refractivity contribution is 0.140. The van der Waals surface area contributed by atoms with E-state index in [4.69, 9.17) is 9.84 Å². The Morgan fingerprint density at radius 1 is 1.24 bits per heavy atom. The fraction of sp³-hybridized carbons (Fsp3) is 0.600. The molecule has 0 heterocycles. The fourth-order valence-corrected chi connectivity index (χ4v) is 1.67. The first kappa shape index (κ1) is 14.0. The van der Waals surface area contributed by atoms with Gasteiger partial charge in [0.25, 0.3) is 0 Å². The predicted octanol–water partition coefficient (Wildman–Crippen LogP) is 3.48. The summed E-state index contributed by atoms with van der Waals surface area (Å²) in [6, 6.07) is 6.26. The highest BCUT2D eigenvalue weighted by atomic mass is 16.5. The highest BCUT2D eigenvalue weighted by Crippen LogP contribution is 2.23. The Labute approximate surface area is 105 Å². The summed E-state index contributed by atoms with van der Waals surface area (Å²) >= 11 is 0. The first-order chi connectivity index (χ1) is 7.94. The van der Waals surface area contributed by atoms with Gasteiger partial charge in [-0.05, 0) is 49.3 Å². The summed E-state index contributed by atoms with van der Waals surface area (Å²) in [4.78, 5) is 0. The van der Waals surface area contributed by atoms with E-state index in [2.05, 4.69) is 45.9 Å². The van der Waals surface area contributed by atoms with Gasteiger partial charge >= 0.3 is 0 Å².